The zero-order chi connectivity index (χ0) is 26.3. The molecule has 0 unspecified atom stereocenters. The molecule has 2 aromatic rings. The molecule has 0 fully saturated rings. The van der Waals surface area contributed by atoms with Gasteiger partial charge in [-0.05, 0) is 50.1 Å². The van der Waals surface area contributed by atoms with Gasteiger partial charge in [-0.1, -0.05) is 54.4 Å². The van der Waals surface area contributed by atoms with Crippen molar-refractivity contribution in [3.05, 3.63) is 64.1 Å². The summed E-state index contributed by atoms with van der Waals surface area (Å²) < 4.78 is 28.2. The molecule has 0 aliphatic heterocycles. The van der Waals surface area contributed by atoms with Crippen LogP contribution in [0.25, 0.3) is 0 Å². The van der Waals surface area contributed by atoms with E-state index in [1.165, 1.54) is 19.0 Å². The van der Waals surface area contributed by atoms with Crippen LogP contribution < -0.4 is 9.62 Å². The van der Waals surface area contributed by atoms with Crippen molar-refractivity contribution in [2.75, 3.05) is 24.9 Å². The zero-order valence-corrected chi connectivity index (χ0v) is 22.9. The van der Waals surface area contributed by atoms with Crippen molar-refractivity contribution >= 4 is 50.9 Å². The molecule has 0 aromatic heterocycles. The lowest BCUT2D eigenvalue weighted by atomic mass is 10.1. The summed E-state index contributed by atoms with van der Waals surface area (Å²) in [6.07, 6.45) is 0.724. The van der Waals surface area contributed by atoms with E-state index in [2.05, 4.69) is 5.32 Å². The Hall–Kier alpha value is -2.33. The molecule has 0 saturated carbocycles. The summed E-state index contributed by atoms with van der Waals surface area (Å²) in [7, 11) is -1.21. The van der Waals surface area contributed by atoms with E-state index in [-0.39, 0.29) is 18.5 Å². The van der Waals surface area contributed by atoms with Crippen molar-refractivity contribution in [2.45, 2.75) is 45.8 Å². The van der Waals surface area contributed by atoms with Gasteiger partial charge in [0, 0.05) is 26.7 Å². The minimum atomic E-state index is -3.99. The molecule has 192 valence electrons. The van der Waals surface area contributed by atoms with Crippen LogP contribution in [-0.4, -0.2) is 62.2 Å². The minimum Gasteiger partial charge on any atom is -0.352 e. The fourth-order valence-corrected chi connectivity index (χ4v) is 4.57. The second-order valence-electron chi connectivity index (χ2n) is 8.40. The second-order valence-corrected chi connectivity index (χ2v) is 11.3. The molecule has 11 heteroatoms. The number of amides is 2. The van der Waals surface area contributed by atoms with Crippen molar-refractivity contribution in [2.24, 2.45) is 0 Å². The first-order valence-corrected chi connectivity index (χ1v) is 13.3. The first kappa shape index (κ1) is 28.9. The normalized spacial score (nSPS) is 13.3. The van der Waals surface area contributed by atoms with E-state index in [1.54, 1.807) is 55.5 Å². The van der Waals surface area contributed by atoms with Crippen LogP contribution in [0.5, 0.6) is 0 Å². The smallest absolute Gasteiger partial charge is 0.304 e. The predicted molar refractivity (Wildman–Crippen MR) is 141 cm³/mol. The van der Waals surface area contributed by atoms with Crippen LogP contribution in [0.2, 0.25) is 10.0 Å². The monoisotopic (exact) mass is 542 g/mol. The van der Waals surface area contributed by atoms with Crippen LogP contribution in [0.15, 0.2) is 48.5 Å². The largest absolute Gasteiger partial charge is 0.352 e. The molecule has 0 heterocycles. The number of hydrogen-bond acceptors (Lipinski definition) is 4. The maximum Gasteiger partial charge on any atom is 0.304 e. The van der Waals surface area contributed by atoms with Crippen LogP contribution in [0.1, 0.15) is 32.8 Å². The first-order valence-electron chi connectivity index (χ1n) is 11.2. The fraction of sp³-hybridized carbons (Fsp3) is 0.417. The Morgan fingerprint density at radius 1 is 1.00 bits per heavy atom. The zero-order valence-electron chi connectivity index (χ0n) is 20.5. The predicted octanol–water partition coefficient (Wildman–Crippen LogP) is 3.94. The van der Waals surface area contributed by atoms with Gasteiger partial charge < -0.3 is 10.2 Å². The van der Waals surface area contributed by atoms with E-state index < -0.39 is 28.7 Å². The number of hydrogen-bond donors (Lipinski definition) is 1. The molecule has 0 saturated heterocycles. The summed E-state index contributed by atoms with van der Waals surface area (Å²) in [5.41, 5.74) is 0.985. The average Bonchev–Trinajstić information content (AvgIpc) is 2.82. The lowest BCUT2D eigenvalue weighted by Crippen LogP contribution is -2.53. The number of carbonyl (C=O) groups is 2. The minimum absolute atomic E-state index is 0.0372. The fourth-order valence-electron chi connectivity index (χ4n) is 3.19. The van der Waals surface area contributed by atoms with Gasteiger partial charge in [-0.15, -0.1) is 0 Å². The van der Waals surface area contributed by atoms with E-state index in [4.69, 9.17) is 23.2 Å². The summed E-state index contributed by atoms with van der Waals surface area (Å²) in [6, 6.07) is 12.3. The Morgan fingerprint density at radius 3 is 2.17 bits per heavy atom. The number of carbonyl (C=O) groups excluding carboxylic acids is 2. The third-order valence-corrected chi connectivity index (χ3v) is 8.13. The second kappa shape index (κ2) is 12.6. The topological polar surface area (TPSA) is 90.0 Å². The van der Waals surface area contributed by atoms with Crippen LogP contribution in [0, 0.1) is 0 Å². The van der Waals surface area contributed by atoms with Gasteiger partial charge in [0.2, 0.25) is 11.8 Å². The first-order chi connectivity index (χ1) is 16.4. The van der Waals surface area contributed by atoms with Crippen LogP contribution >= 0.6 is 23.2 Å². The number of nitrogens with zero attached hydrogens (tertiary/aromatic N) is 3. The van der Waals surface area contributed by atoms with Gasteiger partial charge in [0.1, 0.15) is 12.6 Å². The Balaban J connectivity index is 2.44. The third-order valence-electron chi connectivity index (χ3n) is 5.57. The number of halogens is 2. The number of benzene rings is 2. The van der Waals surface area contributed by atoms with E-state index >= 15 is 0 Å². The Bertz CT molecular complexity index is 1130. The Labute approximate surface area is 218 Å². The van der Waals surface area contributed by atoms with Gasteiger partial charge in [0.25, 0.3) is 0 Å². The van der Waals surface area contributed by atoms with Gasteiger partial charge in [-0.3, -0.25) is 9.59 Å². The highest BCUT2D eigenvalue weighted by atomic mass is 35.5. The van der Waals surface area contributed by atoms with Gasteiger partial charge >= 0.3 is 10.2 Å². The van der Waals surface area contributed by atoms with E-state index in [1.807, 2.05) is 13.8 Å². The molecule has 35 heavy (non-hydrogen) atoms. The third kappa shape index (κ3) is 7.57. The van der Waals surface area contributed by atoms with Crippen LogP contribution in [0.3, 0.4) is 0 Å². The highest BCUT2D eigenvalue weighted by Gasteiger charge is 2.32. The lowest BCUT2D eigenvalue weighted by Gasteiger charge is -2.33. The summed E-state index contributed by atoms with van der Waals surface area (Å²) in [5, 5.41) is 3.56. The van der Waals surface area contributed by atoms with Gasteiger partial charge in [0.05, 0.1) is 15.7 Å². The number of para-hydroxylation sites is 1. The molecule has 0 bridgehead atoms. The molecular formula is C24H32Cl2N4O4S. The van der Waals surface area contributed by atoms with Crippen molar-refractivity contribution < 1.29 is 18.0 Å². The molecule has 2 amide bonds. The van der Waals surface area contributed by atoms with Crippen LogP contribution in [0.4, 0.5) is 5.69 Å². The van der Waals surface area contributed by atoms with E-state index in [0.717, 1.165) is 15.0 Å². The van der Waals surface area contributed by atoms with Crippen LogP contribution in [-0.2, 0) is 26.3 Å². The molecule has 2 atom stereocenters. The van der Waals surface area contributed by atoms with Gasteiger partial charge in [0.15, 0.2) is 0 Å². The summed E-state index contributed by atoms with van der Waals surface area (Å²) in [6.45, 7) is 4.97. The maximum absolute atomic E-state index is 13.6. The van der Waals surface area contributed by atoms with E-state index in [9.17, 15) is 18.0 Å². The molecule has 0 aliphatic carbocycles. The molecule has 1 N–H and O–H groups in total. The summed E-state index contributed by atoms with van der Waals surface area (Å²) >= 11 is 12.2. The number of nitrogens with one attached hydrogen (secondary N) is 1. The van der Waals surface area contributed by atoms with Crippen molar-refractivity contribution in [1.82, 2.24) is 14.5 Å². The van der Waals surface area contributed by atoms with Gasteiger partial charge in [-0.25, -0.2) is 4.31 Å². The number of anilines is 1. The summed E-state index contributed by atoms with van der Waals surface area (Å²) in [5.74, 6) is -0.883. The van der Waals surface area contributed by atoms with Crippen molar-refractivity contribution in [3.8, 4) is 0 Å². The Morgan fingerprint density at radius 2 is 1.63 bits per heavy atom. The van der Waals surface area contributed by atoms with Crippen molar-refractivity contribution in [3.63, 3.8) is 0 Å². The molecule has 2 aromatic carbocycles. The quantitative estimate of drug-likeness (QED) is 0.465. The SMILES string of the molecule is CC[C@@H](C)NC(=O)[C@@H](C)N(Cc1ccc(Cl)c(Cl)c1)C(=O)CN(c1ccccc1)S(=O)(=O)N(C)C. The average molecular weight is 544 g/mol. The maximum atomic E-state index is 13.6. The molecule has 0 radical (unpaired) electrons. The molecular weight excluding hydrogens is 511 g/mol. The summed E-state index contributed by atoms with van der Waals surface area (Å²) in [4.78, 5) is 27.9. The highest BCUT2D eigenvalue weighted by molar-refractivity contribution is 7.90. The molecule has 0 spiro atoms. The number of rotatable bonds is 11. The molecule has 2 rings (SSSR count). The van der Waals surface area contributed by atoms with Crippen molar-refractivity contribution in [1.29, 1.82) is 0 Å². The van der Waals surface area contributed by atoms with Gasteiger partial charge in [-0.2, -0.15) is 12.7 Å². The van der Waals surface area contributed by atoms with E-state index in [0.29, 0.717) is 21.3 Å². The molecule has 0 aliphatic rings. The lowest BCUT2D eigenvalue weighted by molar-refractivity contribution is -0.139. The Kier molecular flexibility index (Phi) is 10.4. The standard InChI is InChI=1S/C24H32Cl2N4O4S/c1-6-17(2)27-24(32)18(3)29(15-19-12-13-21(25)22(26)14-19)23(31)16-30(35(33,34)28(4)5)20-10-8-7-9-11-20/h7-14,17-18H,6,15-16H2,1-5H3,(H,27,32)/t17-,18-/m1/s1. The molecule has 8 nitrogen and oxygen atoms in total. The highest BCUT2D eigenvalue weighted by Crippen LogP contribution is 2.25.